The summed E-state index contributed by atoms with van der Waals surface area (Å²) < 4.78 is 10.7. The van der Waals surface area contributed by atoms with E-state index in [0.29, 0.717) is 41.9 Å². The number of hydrogen-bond acceptors (Lipinski definition) is 5. The first kappa shape index (κ1) is 39.4. The van der Waals surface area contributed by atoms with E-state index in [0.717, 1.165) is 70.8 Å². The van der Waals surface area contributed by atoms with Crippen molar-refractivity contribution >= 4 is 17.8 Å². The molecule has 0 unspecified atom stereocenters. The van der Waals surface area contributed by atoms with Crippen molar-refractivity contribution in [2.24, 2.45) is 56.7 Å². The molecule has 284 valence electrons. The highest BCUT2D eigenvalue weighted by atomic mass is 16.5. The molecule has 1 amide bonds. The van der Waals surface area contributed by atoms with Gasteiger partial charge < -0.3 is 14.8 Å². The molecule has 0 saturated heterocycles. The lowest BCUT2D eigenvalue weighted by Gasteiger charge is -2.72. The fourth-order valence-electron chi connectivity index (χ4n) is 13.9. The number of carbonyl (C=O) groups is 3. The Morgan fingerprint density at radius 3 is 2.02 bits per heavy atom. The number of unbranched alkanes of at least 4 members (excludes halogenated alkanes) is 7. The molecule has 0 aromatic heterocycles. The van der Waals surface area contributed by atoms with Crippen LogP contribution in [0.2, 0.25) is 0 Å². The number of esters is 2. The average Bonchev–Trinajstić information content (AvgIpc) is 3.46. The zero-order chi connectivity index (χ0) is 36.5. The summed E-state index contributed by atoms with van der Waals surface area (Å²) in [6.07, 6.45) is 20.9. The molecule has 5 rings (SSSR count). The van der Waals surface area contributed by atoms with Gasteiger partial charge in [-0.3, -0.25) is 14.4 Å². The summed E-state index contributed by atoms with van der Waals surface area (Å²) in [7, 11) is 1.46. The van der Waals surface area contributed by atoms with E-state index < -0.39 is 0 Å². The number of nitrogens with one attached hydrogen (secondary N) is 1. The minimum Gasteiger partial charge on any atom is -0.469 e. The quantitative estimate of drug-likeness (QED) is 0.111. The van der Waals surface area contributed by atoms with Crippen molar-refractivity contribution in [3.63, 3.8) is 0 Å². The van der Waals surface area contributed by atoms with Crippen LogP contribution >= 0.6 is 0 Å². The minimum absolute atomic E-state index is 0.00775. The van der Waals surface area contributed by atoms with E-state index in [-0.39, 0.29) is 45.1 Å². The number of fused-ring (bicyclic) bond motifs is 7. The number of carbonyl (C=O) groups excluding carboxylic acids is 3. The van der Waals surface area contributed by atoms with Crippen LogP contribution in [0.5, 0.6) is 0 Å². The maximum Gasteiger partial charge on any atom is 0.305 e. The van der Waals surface area contributed by atoms with Crippen molar-refractivity contribution in [3.05, 3.63) is 12.2 Å². The first-order chi connectivity index (χ1) is 23.6. The molecule has 0 radical (unpaired) electrons. The average molecular weight is 696 g/mol. The molecule has 0 aromatic rings. The van der Waals surface area contributed by atoms with Crippen molar-refractivity contribution in [1.82, 2.24) is 5.32 Å². The van der Waals surface area contributed by atoms with Crippen LogP contribution in [0, 0.1) is 56.7 Å². The molecular formula is C44H73NO5. The van der Waals surface area contributed by atoms with Crippen LogP contribution < -0.4 is 5.32 Å². The Morgan fingerprint density at radius 2 is 1.38 bits per heavy atom. The van der Waals surface area contributed by atoms with Gasteiger partial charge in [0.1, 0.15) is 6.10 Å². The molecule has 5 saturated carbocycles. The second-order valence-electron chi connectivity index (χ2n) is 19.2. The van der Waals surface area contributed by atoms with Crippen molar-refractivity contribution in [3.8, 4) is 0 Å². The molecule has 5 fully saturated rings. The summed E-state index contributed by atoms with van der Waals surface area (Å²) >= 11 is 0. The third-order valence-electron chi connectivity index (χ3n) is 16.6. The zero-order valence-corrected chi connectivity index (χ0v) is 33.4. The lowest BCUT2D eigenvalue weighted by molar-refractivity contribution is -0.248. The van der Waals surface area contributed by atoms with Gasteiger partial charge >= 0.3 is 11.9 Å². The van der Waals surface area contributed by atoms with Crippen LogP contribution in [-0.4, -0.2) is 37.6 Å². The number of ether oxygens (including phenoxy) is 2. The lowest BCUT2D eigenvalue weighted by atomic mass is 9.32. The van der Waals surface area contributed by atoms with E-state index in [4.69, 9.17) is 9.47 Å². The van der Waals surface area contributed by atoms with E-state index in [9.17, 15) is 14.4 Å². The van der Waals surface area contributed by atoms with Gasteiger partial charge in [-0.2, -0.15) is 0 Å². The number of methoxy groups -OCH3 is 1. The largest absolute Gasteiger partial charge is 0.469 e. The fourth-order valence-corrected chi connectivity index (χ4v) is 13.9. The second kappa shape index (κ2) is 15.2. The Morgan fingerprint density at radius 1 is 0.720 bits per heavy atom. The molecule has 5 aliphatic rings. The number of hydrogen-bond donors (Lipinski definition) is 1. The normalized spacial score (nSPS) is 40.0. The zero-order valence-electron chi connectivity index (χ0n) is 33.4. The molecule has 0 aromatic carbocycles. The summed E-state index contributed by atoms with van der Waals surface area (Å²) in [5.41, 5.74) is 1.67. The number of rotatable bonds is 14. The molecule has 0 aliphatic heterocycles. The van der Waals surface area contributed by atoms with E-state index in [1.54, 1.807) is 6.92 Å². The molecule has 0 bridgehead atoms. The van der Waals surface area contributed by atoms with E-state index in [1.807, 2.05) is 0 Å². The van der Waals surface area contributed by atoms with Crippen molar-refractivity contribution in [2.45, 2.75) is 177 Å². The predicted molar refractivity (Wildman–Crippen MR) is 201 cm³/mol. The van der Waals surface area contributed by atoms with E-state index >= 15 is 0 Å². The molecule has 5 aliphatic carbocycles. The number of amides is 1. The second-order valence-corrected chi connectivity index (χ2v) is 19.2. The monoisotopic (exact) mass is 696 g/mol. The Hall–Kier alpha value is -1.85. The fraction of sp³-hybridized carbons (Fsp3) is 0.886. The van der Waals surface area contributed by atoms with Crippen LogP contribution in [0.15, 0.2) is 12.2 Å². The standard InChI is InChI=1S/C44H73NO5/c1-30(2)32-21-26-44(39(48)45-29-17-15-13-11-10-12-14-16-18-37(47)49-9)28-27-42(7)33(38(32)44)19-20-35-41(6)24-23-36(50-31(3)46)40(4,5)34(41)22-25-43(35,42)8/h32-36,38H,1,10-29H2,2-9H3,(H,45,48)/t32-,33+,34-,35+,36+,38+,41-,42+,43+,44-/m0/s1. The molecule has 6 nitrogen and oxygen atoms in total. The Bertz CT molecular complexity index is 1260. The minimum atomic E-state index is -0.258. The van der Waals surface area contributed by atoms with Crippen molar-refractivity contribution < 1.29 is 23.9 Å². The third kappa shape index (κ3) is 6.85. The third-order valence-corrected chi connectivity index (χ3v) is 16.6. The molecule has 0 heterocycles. The summed E-state index contributed by atoms with van der Waals surface area (Å²) in [6.45, 7) is 21.8. The van der Waals surface area contributed by atoms with Gasteiger partial charge in [0.15, 0.2) is 0 Å². The summed E-state index contributed by atoms with van der Waals surface area (Å²) in [6, 6.07) is 0. The molecular weight excluding hydrogens is 622 g/mol. The highest BCUT2D eigenvalue weighted by Gasteiger charge is 2.72. The van der Waals surface area contributed by atoms with Crippen molar-refractivity contribution in [2.75, 3.05) is 13.7 Å². The van der Waals surface area contributed by atoms with Crippen LogP contribution in [0.4, 0.5) is 0 Å². The van der Waals surface area contributed by atoms with Gasteiger partial charge in [0, 0.05) is 25.3 Å². The van der Waals surface area contributed by atoms with Gasteiger partial charge in [-0.25, -0.2) is 0 Å². The van der Waals surface area contributed by atoms with Gasteiger partial charge in [0.05, 0.1) is 12.5 Å². The molecule has 6 heteroatoms. The van der Waals surface area contributed by atoms with Gasteiger partial charge in [-0.15, -0.1) is 0 Å². The summed E-state index contributed by atoms with van der Waals surface area (Å²) in [5, 5.41) is 3.50. The SMILES string of the molecule is C=C(C)[C@@H]1CC[C@]2(C(=O)NCCCCCCCCCCC(=O)OC)CC[C@]3(C)[C@H](CC[C@@H]4[C@@]5(C)CC[C@@H](OC(C)=O)C(C)(C)[C@@H]5CC[C@]43C)[C@@H]12. The lowest BCUT2D eigenvalue weighted by Crippen LogP contribution is -2.67. The van der Waals surface area contributed by atoms with Gasteiger partial charge in [-0.1, -0.05) is 85.3 Å². The van der Waals surface area contributed by atoms with Crippen LogP contribution in [-0.2, 0) is 23.9 Å². The Balaban J connectivity index is 1.23. The molecule has 10 atom stereocenters. The van der Waals surface area contributed by atoms with E-state index in [2.05, 4.69) is 53.4 Å². The van der Waals surface area contributed by atoms with Gasteiger partial charge in [-0.05, 0) is 130 Å². The first-order valence-electron chi connectivity index (χ1n) is 20.8. The van der Waals surface area contributed by atoms with Crippen LogP contribution in [0.25, 0.3) is 0 Å². The van der Waals surface area contributed by atoms with Crippen LogP contribution in [0.1, 0.15) is 170 Å². The maximum atomic E-state index is 14.4. The predicted octanol–water partition coefficient (Wildman–Crippen LogP) is 10.4. The first-order valence-corrected chi connectivity index (χ1v) is 20.8. The summed E-state index contributed by atoms with van der Waals surface area (Å²) in [5.74, 6) is 2.66. The molecule has 1 N–H and O–H groups in total. The van der Waals surface area contributed by atoms with Crippen molar-refractivity contribution in [1.29, 1.82) is 0 Å². The van der Waals surface area contributed by atoms with E-state index in [1.165, 1.54) is 64.0 Å². The Labute approximate surface area is 305 Å². The maximum absolute atomic E-state index is 14.4. The molecule has 0 spiro atoms. The molecule has 50 heavy (non-hydrogen) atoms. The van der Waals surface area contributed by atoms with Crippen LogP contribution in [0.3, 0.4) is 0 Å². The van der Waals surface area contributed by atoms with Gasteiger partial charge in [0.2, 0.25) is 5.91 Å². The highest BCUT2D eigenvalue weighted by molar-refractivity contribution is 5.84. The highest BCUT2D eigenvalue weighted by Crippen LogP contribution is 2.77. The topological polar surface area (TPSA) is 81.7 Å². The van der Waals surface area contributed by atoms with Gasteiger partial charge in [0.25, 0.3) is 0 Å². The summed E-state index contributed by atoms with van der Waals surface area (Å²) in [4.78, 5) is 37.8. The number of allylic oxidation sites excluding steroid dienone is 1. The smallest absolute Gasteiger partial charge is 0.305 e. The Kier molecular flexibility index (Phi) is 12.0.